The third kappa shape index (κ3) is 4.16. The van der Waals surface area contributed by atoms with Crippen LogP contribution in [0.15, 0.2) is 64.2 Å². The second-order valence-corrected chi connectivity index (χ2v) is 7.78. The number of fused-ring (bicyclic) bond motifs is 1. The van der Waals surface area contributed by atoms with E-state index in [9.17, 15) is 14.4 Å². The maximum atomic E-state index is 13.1. The molecule has 1 unspecified atom stereocenters. The molecule has 1 aliphatic carbocycles. The summed E-state index contributed by atoms with van der Waals surface area (Å²) in [5.74, 6) is 0.542. The maximum absolute atomic E-state index is 13.1. The van der Waals surface area contributed by atoms with Gasteiger partial charge in [0.1, 0.15) is 0 Å². The lowest BCUT2D eigenvalue weighted by molar-refractivity contribution is -0.134. The molecule has 1 heterocycles. The average Bonchev–Trinajstić information content (AvgIpc) is 3.59. The number of hydrogen-bond donors (Lipinski definition) is 1. The smallest absolute Gasteiger partial charge is 0.273 e. The molecule has 29 heavy (non-hydrogen) atoms. The molecule has 3 aromatic rings. The first-order valence-electron chi connectivity index (χ1n) is 10.1. The van der Waals surface area contributed by atoms with E-state index in [4.69, 9.17) is 0 Å². The van der Waals surface area contributed by atoms with Gasteiger partial charge in [-0.3, -0.25) is 19.5 Å². The molecule has 0 bridgehead atoms. The molecule has 1 saturated carbocycles. The quantitative estimate of drug-likeness (QED) is 0.673. The van der Waals surface area contributed by atoms with E-state index in [0.717, 1.165) is 18.4 Å². The number of aromatic amines is 1. The van der Waals surface area contributed by atoms with Crippen molar-refractivity contribution in [3.8, 4) is 0 Å². The van der Waals surface area contributed by atoms with Gasteiger partial charge in [-0.05, 0) is 43.4 Å². The summed E-state index contributed by atoms with van der Waals surface area (Å²) in [6, 6.07) is 16.8. The van der Waals surface area contributed by atoms with Crippen LogP contribution in [0, 0.1) is 5.92 Å². The lowest BCUT2D eigenvalue weighted by atomic mass is 10.1. The van der Waals surface area contributed by atoms with Crippen LogP contribution in [0.1, 0.15) is 31.7 Å². The fourth-order valence-electron chi connectivity index (χ4n) is 3.83. The van der Waals surface area contributed by atoms with Gasteiger partial charge in [-0.2, -0.15) is 0 Å². The summed E-state index contributed by atoms with van der Waals surface area (Å²) in [4.78, 5) is 39.9. The van der Waals surface area contributed by atoms with E-state index >= 15 is 0 Å². The van der Waals surface area contributed by atoms with Gasteiger partial charge >= 0.3 is 0 Å². The number of hydrogen-bond acceptors (Lipinski definition) is 3. The summed E-state index contributed by atoms with van der Waals surface area (Å²) in [6.45, 7) is 2.81. The molecule has 1 aliphatic rings. The zero-order valence-electron chi connectivity index (χ0n) is 16.5. The SMILES string of the molecule is CC(C1CC1)N(Cc1ccccc1)C(=O)CCn1[nH]c(=O)c2ccccc2c1=O. The maximum Gasteiger partial charge on any atom is 0.273 e. The van der Waals surface area contributed by atoms with Crippen molar-refractivity contribution in [1.82, 2.24) is 14.7 Å². The molecule has 0 spiro atoms. The number of amides is 1. The lowest BCUT2D eigenvalue weighted by Crippen LogP contribution is -2.40. The Bertz CT molecular complexity index is 1130. The van der Waals surface area contributed by atoms with Crippen molar-refractivity contribution in [2.45, 2.75) is 45.3 Å². The predicted molar refractivity (Wildman–Crippen MR) is 113 cm³/mol. The van der Waals surface area contributed by atoms with Gasteiger partial charge in [0.25, 0.3) is 11.1 Å². The van der Waals surface area contributed by atoms with Gasteiger partial charge in [0.15, 0.2) is 0 Å². The molecule has 0 saturated heterocycles. The molecule has 1 atom stereocenters. The molecule has 6 heteroatoms. The topological polar surface area (TPSA) is 75.2 Å². The highest BCUT2D eigenvalue weighted by molar-refractivity contribution is 5.80. The number of carbonyl (C=O) groups excluding carboxylic acids is 1. The van der Waals surface area contributed by atoms with Gasteiger partial charge in [0.2, 0.25) is 5.91 Å². The molecule has 6 nitrogen and oxygen atoms in total. The normalized spacial score (nSPS) is 14.7. The van der Waals surface area contributed by atoms with Crippen molar-refractivity contribution in [2.24, 2.45) is 5.92 Å². The Hall–Kier alpha value is -3.15. The van der Waals surface area contributed by atoms with Crippen LogP contribution in [0.4, 0.5) is 0 Å². The molecule has 1 N–H and O–H groups in total. The van der Waals surface area contributed by atoms with Crippen molar-refractivity contribution < 1.29 is 4.79 Å². The molecular weight excluding hydrogens is 366 g/mol. The summed E-state index contributed by atoms with van der Waals surface area (Å²) in [5, 5.41) is 3.34. The first kappa shape index (κ1) is 19.2. The lowest BCUT2D eigenvalue weighted by Gasteiger charge is -2.30. The number of benzene rings is 2. The number of nitrogens with zero attached hydrogens (tertiary/aromatic N) is 2. The largest absolute Gasteiger partial charge is 0.335 e. The summed E-state index contributed by atoms with van der Waals surface area (Å²) >= 11 is 0. The molecule has 1 fully saturated rings. The monoisotopic (exact) mass is 391 g/mol. The van der Waals surface area contributed by atoms with Crippen molar-refractivity contribution >= 4 is 16.7 Å². The van der Waals surface area contributed by atoms with Crippen LogP contribution in [-0.4, -0.2) is 26.6 Å². The molecule has 150 valence electrons. The summed E-state index contributed by atoms with van der Waals surface area (Å²) in [6.07, 6.45) is 2.46. The molecule has 1 aromatic heterocycles. The Morgan fingerprint density at radius 3 is 2.41 bits per heavy atom. The predicted octanol–water partition coefficient (Wildman–Crippen LogP) is 2.91. The van der Waals surface area contributed by atoms with Crippen molar-refractivity contribution in [3.63, 3.8) is 0 Å². The molecule has 1 amide bonds. The van der Waals surface area contributed by atoms with Crippen LogP contribution in [0.2, 0.25) is 0 Å². The highest BCUT2D eigenvalue weighted by Gasteiger charge is 2.34. The third-order valence-corrected chi connectivity index (χ3v) is 5.74. The Morgan fingerprint density at radius 2 is 1.72 bits per heavy atom. The van der Waals surface area contributed by atoms with E-state index in [1.807, 2.05) is 35.2 Å². The second kappa shape index (κ2) is 8.07. The molecule has 0 aliphatic heterocycles. The molecule has 4 rings (SSSR count). The van der Waals surface area contributed by atoms with Crippen LogP contribution in [0.5, 0.6) is 0 Å². The Kier molecular flexibility index (Phi) is 5.34. The number of H-pyrrole nitrogens is 1. The first-order chi connectivity index (χ1) is 14.0. The third-order valence-electron chi connectivity index (χ3n) is 5.74. The minimum Gasteiger partial charge on any atom is -0.335 e. The van der Waals surface area contributed by atoms with Crippen LogP contribution in [0.25, 0.3) is 10.8 Å². The van der Waals surface area contributed by atoms with Crippen LogP contribution in [-0.2, 0) is 17.9 Å². The van der Waals surface area contributed by atoms with Crippen molar-refractivity contribution in [3.05, 3.63) is 80.9 Å². The number of aromatic nitrogens is 2. The second-order valence-electron chi connectivity index (χ2n) is 7.78. The van der Waals surface area contributed by atoms with Gasteiger partial charge in [-0.25, -0.2) is 4.68 Å². The molecule has 2 aromatic carbocycles. The minimum atomic E-state index is -0.319. The highest BCUT2D eigenvalue weighted by Crippen LogP contribution is 2.36. The zero-order chi connectivity index (χ0) is 20.4. The van der Waals surface area contributed by atoms with Gasteiger partial charge in [-0.1, -0.05) is 42.5 Å². The van der Waals surface area contributed by atoms with E-state index in [0.29, 0.717) is 23.2 Å². The number of nitrogens with one attached hydrogen (secondary N) is 1. The van der Waals surface area contributed by atoms with Crippen LogP contribution >= 0.6 is 0 Å². The van der Waals surface area contributed by atoms with E-state index in [1.165, 1.54) is 4.68 Å². The van der Waals surface area contributed by atoms with E-state index in [2.05, 4.69) is 12.0 Å². The van der Waals surface area contributed by atoms with Gasteiger partial charge in [-0.15, -0.1) is 0 Å². The zero-order valence-corrected chi connectivity index (χ0v) is 16.5. The van der Waals surface area contributed by atoms with Gasteiger partial charge in [0.05, 0.1) is 17.3 Å². The molecular formula is C23H25N3O3. The van der Waals surface area contributed by atoms with E-state index < -0.39 is 0 Å². The fraction of sp³-hybridized carbons (Fsp3) is 0.348. The van der Waals surface area contributed by atoms with E-state index in [-0.39, 0.29) is 36.0 Å². The van der Waals surface area contributed by atoms with Crippen LogP contribution < -0.4 is 11.1 Å². The van der Waals surface area contributed by atoms with Gasteiger partial charge < -0.3 is 4.90 Å². The average molecular weight is 391 g/mol. The van der Waals surface area contributed by atoms with Gasteiger partial charge in [0, 0.05) is 19.0 Å². The number of rotatable bonds is 7. The van der Waals surface area contributed by atoms with Crippen LogP contribution in [0.3, 0.4) is 0 Å². The first-order valence-corrected chi connectivity index (χ1v) is 10.1. The standard InChI is InChI=1S/C23H25N3O3/c1-16(18-11-12-18)25(15-17-7-3-2-4-8-17)21(27)13-14-26-23(29)20-10-6-5-9-19(20)22(28)24-26/h2-10,16,18H,11-15H2,1H3,(H,24,28). The molecule has 0 radical (unpaired) electrons. The highest BCUT2D eigenvalue weighted by atomic mass is 16.2. The minimum absolute atomic E-state index is 0.00541. The summed E-state index contributed by atoms with van der Waals surface area (Å²) in [5.41, 5.74) is 0.489. The number of carbonyl (C=O) groups is 1. The summed E-state index contributed by atoms with van der Waals surface area (Å²) in [7, 11) is 0. The summed E-state index contributed by atoms with van der Waals surface area (Å²) < 4.78 is 1.26. The Labute approximate surface area is 168 Å². The van der Waals surface area contributed by atoms with Crippen molar-refractivity contribution in [2.75, 3.05) is 0 Å². The number of aryl methyl sites for hydroxylation is 1. The Balaban J connectivity index is 1.53. The fourth-order valence-corrected chi connectivity index (χ4v) is 3.83. The van der Waals surface area contributed by atoms with Crippen molar-refractivity contribution in [1.29, 1.82) is 0 Å². The Morgan fingerprint density at radius 1 is 1.07 bits per heavy atom. The van der Waals surface area contributed by atoms with E-state index in [1.54, 1.807) is 24.3 Å².